The summed E-state index contributed by atoms with van der Waals surface area (Å²) < 4.78 is 0.560. The molecule has 1 heterocycles. The number of nitro groups is 1. The Morgan fingerprint density at radius 3 is 2.94 bits per heavy atom. The van der Waals surface area contributed by atoms with E-state index in [4.69, 9.17) is 5.26 Å². The number of rotatable bonds is 5. The van der Waals surface area contributed by atoms with E-state index in [1.807, 2.05) is 13.0 Å². The van der Waals surface area contributed by atoms with Gasteiger partial charge in [0.05, 0.1) is 17.4 Å². The number of hydrogen-bond donors (Lipinski definition) is 0. The van der Waals surface area contributed by atoms with Crippen LogP contribution in [0.5, 0.6) is 0 Å². The van der Waals surface area contributed by atoms with Crippen LogP contribution in [0, 0.1) is 21.4 Å². The second kappa shape index (κ2) is 6.15. The lowest BCUT2D eigenvalue weighted by molar-refractivity contribution is -0.384. The van der Waals surface area contributed by atoms with Gasteiger partial charge in [0, 0.05) is 29.8 Å². The molecular weight excluding hydrogens is 288 g/mol. The summed E-state index contributed by atoms with van der Waals surface area (Å²) in [6, 6.07) is 3.43. The van der Waals surface area contributed by atoms with Crippen molar-refractivity contribution in [1.29, 1.82) is 5.26 Å². The Morgan fingerprint density at radius 2 is 2.41 bits per heavy atom. The van der Waals surface area contributed by atoms with Crippen LogP contribution < -0.4 is 4.90 Å². The standard InChI is InChI=1S/C10H11BrN4O2/c1-2-14(5-3-4-12)10-9(15(16)17)6-8(11)7-13-10/h6-7H,2-3,5H2,1H3. The highest BCUT2D eigenvalue weighted by Crippen LogP contribution is 2.28. The summed E-state index contributed by atoms with van der Waals surface area (Å²) in [5, 5.41) is 19.5. The molecule has 0 spiro atoms. The van der Waals surface area contributed by atoms with Gasteiger partial charge < -0.3 is 4.90 Å². The number of aromatic nitrogens is 1. The van der Waals surface area contributed by atoms with Crippen molar-refractivity contribution >= 4 is 27.4 Å². The van der Waals surface area contributed by atoms with E-state index in [2.05, 4.69) is 20.9 Å². The van der Waals surface area contributed by atoms with Crippen molar-refractivity contribution < 1.29 is 4.92 Å². The Bertz CT molecular complexity index is 458. The van der Waals surface area contributed by atoms with Gasteiger partial charge in [0.25, 0.3) is 0 Å². The molecule has 6 nitrogen and oxygen atoms in total. The first-order valence-electron chi connectivity index (χ1n) is 5.02. The maximum atomic E-state index is 10.9. The SMILES string of the molecule is CCN(CCC#N)c1ncc(Br)cc1[N+](=O)[O-]. The van der Waals surface area contributed by atoms with E-state index in [9.17, 15) is 10.1 Å². The third kappa shape index (κ3) is 3.39. The van der Waals surface area contributed by atoms with Crippen LogP contribution in [-0.4, -0.2) is 23.0 Å². The van der Waals surface area contributed by atoms with Gasteiger partial charge in [-0.2, -0.15) is 5.26 Å². The summed E-state index contributed by atoms with van der Waals surface area (Å²) in [5.41, 5.74) is -0.0563. The summed E-state index contributed by atoms with van der Waals surface area (Å²) in [7, 11) is 0. The molecule has 90 valence electrons. The number of nitriles is 1. The fourth-order valence-corrected chi connectivity index (χ4v) is 1.72. The minimum atomic E-state index is -0.470. The third-order valence-corrected chi connectivity index (χ3v) is 2.62. The molecule has 0 aromatic carbocycles. The van der Waals surface area contributed by atoms with Gasteiger partial charge in [-0.25, -0.2) is 4.98 Å². The number of pyridine rings is 1. The van der Waals surface area contributed by atoms with Gasteiger partial charge >= 0.3 is 5.69 Å². The molecule has 1 aromatic heterocycles. The predicted molar refractivity (Wildman–Crippen MR) is 66.7 cm³/mol. The Kier molecular flexibility index (Phi) is 4.84. The van der Waals surface area contributed by atoms with E-state index in [1.54, 1.807) is 4.90 Å². The minimum absolute atomic E-state index is 0.0563. The zero-order chi connectivity index (χ0) is 12.8. The van der Waals surface area contributed by atoms with Crippen LogP contribution in [0.25, 0.3) is 0 Å². The van der Waals surface area contributed by atoms with Gasteiger partial charge in [0.2, 0.25) is 5.82 Å². The fraction of sp³-hybridized carbons (Fsp3) is 0.400. The van der Waals surface area contributed by atoms with Crippen LogP contribution in [-0.2, 0) is 0 Å². The molecule has 0 saturated carbocycles. The van der Waals surface area contributed by atoms with Crippen LogP contribution in [0.15, 0.2) is 16.7 Å². The zero-order valence-electron chi connectivity index (χ0n) is 9.26. The smallest absolute Gasteiger partial charge is 0.312 e. The maximum absolute atomic E-state index is 10.9. The molecule has 1 rings (SSSR count). The molecule has 0 aliphatic rings. The highest BCUT2D eigenvalue weighted by Gasteiger charge is 2.20. The second-order valence-electron chi connectivity index (χ2n) is 3.24. The minimum Gasteiger partial charge on any atom is -0.350 e. The lowest BCUT2D eigenvalue weighted by atomic mass is 10.3. The van der Waals surface area contributed by atoms with Crippen LogP contribution in [0.4, 0.5) is 11.5 Å². The van der Waals surface area contributed by atoms with Gasteiger partial charge in [-0.3, -0.25) is 10.1 Å². The summed E-state index contributed by atoms with van der Waals surface area (Å²) >= 11 is 3.15. The van der Waals surface area contributed by atoms with Crippen molar-refractivity contribution in [3.05, 3.63) is 26.9 Å². The molecule has 0 aliphatic carbocycles. The number of anilines is 1. The topological polar surface area (TPSA) is 83.1 Å². The number of halogens is 1. The molecule has 0 bridgehead atoms. The van der Waals surface area contributed by atoms with E-state index >= 15 is 0 Å². The first kappa shape index (κ1) is 13.4. The Labute approximate surface area is 107 Å². The Hall–Kier alpha value is -1.68. The largest absolute Gasteiger partial charge is 0.350 e. The summed E-state index contributed by atoms with van der Waals surface area (Å²) in [5.74, 6) is 0.302. The molecule has 1 aromatic rings. The van der Waals surface area contributed by atoms with Crippen LogP contribution in [0.2, 0.25) is 0 Å². The first-order valence-corrected chi connectivity index (χ1v) is 5.81. The van der Waals surface area contributed by atoms with Crippen LogP contribution in [0.1, 0.15) is 13.3 Å². The van der Waals surface area contributed by atoms with Gasteiger partial charge in [0.1, 0.15) is 0 Å². The molecule has 0 amide bonds. The molecule has 0 N–H and O–H groups in total. The predicted octanol–water partition coefficient (Wildman–Crippen LogP) is 2.49. The Balaban J connectivity index is 3.10. The third-order valence-electron chi connectivity index (χ3n) is 2.19. The average Bonchev–Trinajstić information content (AvgIpc) is 2.31. The number of hydrogen-bond acceptors (Lipinski definition) is 5. The summed E-state index contributed by atoms with van der Waals surface area (Å²) in [6.07, 6.45) is 1.82. The van der Waals surface area contributed by atoms with Crippen molar-refractivity contribution in [3.63, 3.8) is 0 Å². The van der Waals surface area contributed by atoms with E-state index < -0.39 is 4.92 Å². The molecular formula is C10H11BrN4O2. The van der Waals surface area contributed by atoms with E-state index in [0.717, 1.165) is 0 Å². The molecule has 0 fully saturated rings. The van der Waals surface area contributed by atoms with Gasteiger partial charge in [-0.15, -0.1) is 0 Å². The molecule has 0 radical (unpaired) electrons. The van der Waals surface area contributed by atoms with Crippen molar-refractivity contribution in [3.8, 4) is 6.07 Å². The molecule has 0 unspecified atom stereocenters. The monoisotopic (exact) mass is 298 g/mol. The normalized spacial score (nSPS) is 9.71. The molecule has 0 atom stereocenters. The molecule has 17 heavy (non-hydrogen) atoms. The quantitative estimate of drug-likeness (QED) is 0.616. The molecule has 0 saturated heterocycles. The van der Waals surface area contributed by atoms with Crippen LogP contribution >= 0.6 is 15.9 Å². The van der Waals surface area contributed by atoms with E-state index in [-0.39, 0.29) is 5.69 Å². The molecule has 0 aliphatic heterocycles. The van der Waals surface area contributed by atoms with Crippen molar-refractivity contribution in [2.75, 3.05) is 18.0 Å². The highest BCUT2D eigenvalue weighted by molar-refractivity contribution is 9.10. The Morgan fingerprint density at radius 1 is 1.71 bits per heavy atom. The average molecular weight is 299 g/mol. The van der Waals surface area contributed by atoms with Gasteiger partial charge in [-0.05, 0) is 22.9 Å². The fourth-order valence-electron chi connectivity index (χ4n) is 1.40. The van der Waals surface area contributed by atoms with Crippen molar-refractivity contribution in [2.24, 2.45) is 0 Å². The first-order chi connectivity index (χ1) is 8.10. The summed E-state index contributed by atoms with van der Waals surface area (Å²) in [6.45, 7) is 2.87. The lowest BCUT2D eigenvalue weighted by Gasteiger charge is -2.20. The van der Waals surface area contributed by atoms with E-state index in [1.165, 1.54) is 12.3 Å². The van der Waals surface area contributed by atoms with Gasteiger partial charge in [-0.1, -0.05) is 0 Å². The van der Waals surface area contributed by atoms with Gasteiger partial charge in [0.15, 0.2) is 0 Å². The molecule has 7 heteroatoms. The zero-order valence-corrected chi connectivity index (χ0v) is 10.8. The van der Waals surface area contributed by atoms with Crippen molar-refractivity contribution in [1.82, 2.24) is 4.98 Å². The van der Waals surface area contributed by atoms with Crippen LogP contribution in [0.3, 0.4) is 0 Å². The number of nitrogens with zero attached hydrogens (tertiary/aromatic N) is 4. The second-order valence-corrected chi connectivity index (χ2v) is 4.16. The van der Waals surface area contributed by atoms with E-state index in [0.29, 0.717) is 29.8 Å². The highest BCUT2D eigenvalue weighted by atomic mass is 79.9. The summed E-state index contributed by atoms with van der Waals surface area (Å²) in [4.78, 5) is 16.2. The van der Waals surface area contributed by atoms with Crippen molar-refractivity contribution in [2.45, 2.75) is 13.3 Å². The maximum Gasteiger partial charge on any atom is 0.312 e. The lowest BCUT2D eigenvalue weighted by Crippen LogP contribution is -2.25.